The number of anilines is 1. The molecule has 0 spiro atoms. The van der Waals surface area contributed by atoms with Crippen LogP contribution >= 0.6 is 22.9 Å². The van der Waals surface area contributed by atoms with Gasteiger partial charge in [0.2, 0.25) is 0 Å². The van der Waals surface area contributed by atoms with E-state index in [0.29, 0.717) is 16.4 Å². The van der Waals surface area contributed by atoms with E-state index in [1.807, 2.05) is 6.07 Å². The van der Waals surface area contributed by atoms with Gasteiger partial charge in [-0.25, -0.2) is 14.8 Å². The number of hydrogen-bond donors (Lipinski definition) is 1. The van der Waals surface area contributed by atoms with Gasteiger partial charge >= 0.3 is 12.2 Å². The summed E-state index contributed by atoms with van der Waals surface area (Å²) >= 11 is 7.21. The zero-order valence-electron chi connectivity index (χ0n) is 16.2. The van der Waals surface area contributed by atoms with E-state index in [1.165, 1.54) is 28.6 Å². The van der Waals surface area contributed by atoms with E-state index in [4.69, 9.17) is 16.3 Å². The van der Waals surface area contributed by atoms with Gasteiger partial charge in [0.25, 0.3) is 0 Å². The number of aromatic nitrogens is 3. The number of carbonyl (C=O) groups is 1. The Labute approximate surface area is 184 Å². The highest BCUT2D eigenvalue weighted by Gasteiger charge is 2.59. The Morgan fingerprint density at radius 3 is 2.61 bits per heavy atom. The number of methoxy groups -OCH3 is 1. The van der Waals surface area contributed by atoms with Crippen molar-refractivity contribution in [3.63, 3.8) is 0 Å². The third kappa shape index (κ3) is 3.99. The Morgan fingerprint density at radius 2 is 1.97 bits per heavy atom. The summed E-state index contributed by atoms with van der Waals surface area (Å²) in [5, 5.41) is 2.76. The fraction of sp³-hybridized carbons (Fsp3) is 0.368. The molecule has 0 radical (unpaired) electrons. The molecule has 0 atom stereocenters. The summed E-state index contributed by atoms with van der Waals surface area (Å²) in [5.41, 5.74) is -1.89. The van der Waals surface area contributed by atoms with E-state index in [0.717, 1.165) is 4.70 Å². The summed E-state index contributed by atoms with van der Waals surface area (Å²) in [6.07, 6.45) is -2.87. The van der Waals surface area contributed by atoms with Gasteiger partial charge in [-0.2, -0.15) is 13.2 Å². The standard InChI is InChI=1S/C19H17ClF3N5O2S/c1-30-11-2-3-13-12(10-11)26-16(31-13)27-17(29)28-8-4-18(5-9-28,19(21,22)23)14-15(20)25-7-6-24-14/h2-3,6-7,10H,4-5,8-9H2,1H3,(H,26,27,29). The highest BCUT2D eigenvalue weighted by atomic mass is 35.5. The number of carbonyl (C=O) groups excluding carboxylic acids is 1. The van der Waals surface area contributed by atoms with Crippen molar-refractivity contribution in [1.29, 1.82) is 0 Å². The lowest BCUT2D eigenvalue weighted by Gasteiger charge is -2.42. The van der Waals surface area contributed by atoms with Gasteiger partial charge in [-0.3, -0.25) is 10.3 Å². The number of urea groups is 1. The molecule has 1 saturated heterocycles. The molecule has 4 rings (SSSR count). The Bertz CT molecular complexity index is 1120. The van der Waals surface area contributed by atoms with Crippen LogP contribution in [-0.2, 0) is 5.41 Å². The first-order chi connectivity index (χ1) is 14.7. The van der Waals surface area contributed by atoms with Crippen molar-refractivity contribution in [3.8, 4) is 5.75 Å². The number of rotatable bonds is 3. The van der Waals surface area contributed by atoms with Crippen molar-refractivity contribution in [1.82, 2.24) is 19.9 Å². The van der Waals surface area contributed by atoms with Crippen molar-refractivity contribution in [2.24, 2.45) is 0 Å². The molecule has 7 nitrogen and oxygen atoms in total. The van der Waals surface area contributed by atoms with Gasteiger partial charge in [0.05, 0.1) is 23.0 Å². The first-order valence-electron chi connectivity index (χ1n) is 9.28. The summed E-state index contributed by atoms with van der Waals surface area (Å²) < 4.78 is 48.2. The Morgan fingerprint density at radius 1 is 1.26 bits per heavy atom. The molecule has 0 bridgehead atoms. The van der Waals surface area contributed by atoms with E-state index in [9.17, 15) is 18.0 Å². The normalized spacial score (nSPS) is 16.4. The Kier molecular flexibility index (Phi) is 5.65. The predicted molar refractivity (Wildman–Crippen MR) is 111 cm³/mol. The number of fused-ring (bicyclic) bond motifs is 1. The maximum atomic E-state index is 14.1. The maximum absolute atomic E-state index is 14.1. The lowest BCUT2D eigenvalue weighted by molar-refractivity contribution is -0.202. The highest BCUT2D eigenvalue weighted by Crippen LogP contribution is 2.49. The number of alkyl halides is 3. The average molecular weight is 472 g/mol. The van der Waals surface area contributed by atoms with E-state index < -0.39 is 17.6 Å². The topological polar surface area (TPSA) is 80.2 Å². The number of amides is 2. The van der Waals surface area contributed by atoms with Gasteiger partial charge in [-0.15, -0.1) is 0 Å². The molecule has 2 aromatic heterocycles. The number of nitrogens with one attached hydrogen (secondary N) is 1. The van der Waals surface area contributed by atoms with Crippen LogP contribution in [0.5, 0.6) is 5.75 Å². The van der Waals surface area contributed by atoms with E-state index in [2.05, 4.69) is 20.3 Å². The fourth-order valence-electron chi connectivity index (χ4n) is 3.65. The summed E-state index contributed by atoms with van der Waals surface area (Å²) in [6.45, 7) is -0.228. The molecule has 2 amide bonds. The minimum absolute atomic E-state index is 0.114. The molecule has 12 heteroatoms. The molecule has 1 aliphatic heterocycles. The Hall–Kier alpha value is -2.66. The molecule has 0 unspecified atom stereocenters. The molecule has 1 aromatic carbocycles. The third-order valence-corrected chi connectivity index (χ3v) is 6.59. The quantitative estimate of drug-likeness (QED) is 0.589. The molecule has 1 fully saturated rings. The van der Waals surface area contributed by atoms with Crippen LogP contribution in [0.15, 0.2) is 30.6 Å². The van der Waals surface area contributed by atoms with Gasteiger partial charge in [-0.1, -0.05) is 22.9 Å². The van der Waals surface area contributed by atoms with Crippen LogP contribution in [0, 0.1) is 0 Å². The molecule has 164 valence electrons. The van der Waals surface area contributed by atoms with Crippen LogP contribution in [0.25, 0.3) is 10.2 Å². The van der Waals surface area contributed by atoms with E-state index in [-0.39, 0.29) is 36.8 Å². The van der Waals surface area contributed by atoms with Gasteiger partial charge in [-0.05, 0) is 25.0 Å². The van der Waals surface area contributed by atoms with Crippen molar-refractivity contribution in [2.75, 3.05) is 25.5 Å². The molecular weight excluding hydrogens is 455 g/mol. The molecule has 0 aliphatic carbocycles. The fourth-order valence-corrected chi connectivity index (χ4v) is 4.77. The number of likely N-dealkylation sites (tertiary alicyclic amines) is 1. The third-order valence-electron chi connectivity index (χ3n) is 5.36. The summed E-state index contributed by atoms with van der Waals surface area (Å²) in [5.74, 6) is 0.637. The maximum Gasteiger partial charge on any atom is 0.400 e. The lowest BCUT2D eigenvalue weighted by atomic mass is 9.75. The van der Waals surface area contributed by atoms with Crippen molar-refractivity contribution < 1.29 is 22.7 Å². The second-order valence-electron chi connectivity index (χ2n) is 7.05. The molecule has 0 saturated carbocycles. The largest absolute Gasteiger partial charge is 0.497 e. The average Bonchev–Trinajstić information content (AvgIpc) is 3.14. The lowest BCUT2D eigenvalue weighted by Crippen LogP contribution is -2.53. The van der Waals surface area contributed by atoms with Crippen LogP contribution in [-0.4, -0.2) is 52.3 Å². The summed E-state index contributed by atoms with van der Waals surface area (Å²) in [7, 11) is 1.54. The minimum Gasteiger partial charge on any atom is -0.497 e. The number of hydrogen-bond acceptors (Lipinski definition) is 6. The summed E-state index contributed by atoms with van der Waals surface area (Å²) in [4.78, 5) is 25.9. The number of benzene rings is 1. The molecule has 1 aliphatic rings. The van der Waals surface area contributed by atoms with Crippen LogP contribution in [0.3, 0.4) is 0 Å². The van der Waals surface area contributed by atoms with Crippen molar-refractivity contribution in [2.45, 2.75) is 24.4 Å². The zero-order chi connectivity index (χ0) is 22.2. The Balaban J connectivity index is 1.49. The van der Waals surface area contributed by atoms with Crippen molar-refractivity contribution >= 4 is 44.3 Å². The zero-order valence-corrected chi connectivity index (χ0v) is 17.8. The monoisotopic (exact) mass is 471 g/mol. The first kappa shape index (κ1) is 21.6. The predicted octanol–water partition coefficient (Wildman–Crippen LogP) is 4.88. The van der Waals surface area contributed by atoms with Gasteiger partial charge in [0, 0.05) is 31.5 Å². The van der Waals surface area contributed by atoms with Gasteiger partial charge in [0.15, 0.2) is 10.3 Å². The van der Waals surface area contributed by atoms with Crippen molar-refractivity contribution in [3.05, 3.63) is 41.4 Å². The second-order valence-corrected chi connectivity index (χ2v) is 8.43. The van der Waals surface area contributed by atoms with Gasteiger partial charge < -0.3 is 9.64 Å². The summed E-state index contributed by atoms with van der Waals surface area (Å²) in [6, 6.07) is 4.84. The SMILES string of the molecule is COc1ccc2sc(NC(=O)N3CCC(c4nccnc4Cl)(C(F)(F)F)CC3)nc2c1. The van der Waals surface area contributed by atoms with E-state index in [1.54, 1.807) is 19.2 Å². The number of piperidine rings is 1. The molecular formula is C19H17ClF3N5O2S. The number of thiazole rings is 1. The number of ether oxygens (including phenoxy) is 1. The second kappa shape index (κ2) is 8.12. The van der Waals surface area contributed by atoms with Crippen LogP contribution in [0.4, 0.5) is 23.1 Å². The molecule has 3 aromatic rings. The van der Waals surface area contributed by atoms with E-state index >= 15 is 0 Å². The van der Waals surface area contributed by atoms with Gasteiger partial charge in [0.1, 0.15) is 11.2 Å². The highest BCUT2D eigenvalue weighted by molar-refractivity contribution is 7.22. The first-order valence-corrected chi connectivity index (χ1v) is 10.5. The number of halogens is 4. The molecule has 1 N–H and O–H groups in total. The number of nitrogens with zero attached hydrogens (tertiary/aromatic N) is 4. The molecule has 3 heterocycles. The van der Waals surface area contributed by atoms with Crippen LogP contribution < -0.4 is 10.1 Å². The molecule has 31 heavy (non-hydrogen) atoms. The minimum atomic E-state index is -4.58. The van der Waals surface area contributed by atoms with Crippen LogP contribution in [0.1, 0.15) is 18.5 Å². The van der Waals surface area contributed by atoms with Crippen LogP contribution in [0.2, 0.25) is 5.15 Å². The smallest absolute Gasteiger partial charge is 0.400 e.